The van der Waals surface area contributed by atoms with Crippen molar-refractivity contribution in [3.8, 4) is 0 Å². The van der Waals surface area contributed by atoms with Crippen molar-refractivity contribution in [3.05, 3.63) is 22.3 Å². The lowest BCUT2D eigenvalue weighted by Gasteiger charge is -2.05. The number of nitrogens with zero attached hydrogens (tertiary/aromatic N) is 2. The Morgan fingerprint density at radius 3 is 2.74 bits per heavy atom. The number of rotatable bonds is 5. The highest BCUT2D eigenvalue weighted by atomic mass is 32.2. The molecule has 0 saturated carbocycles. The Morgan fingerprint density at radius 1 is 1.42 bits per heavy atom. The first-order valence-electron chi connectivity index (χ1n) is 5.57. The Bertz CT molecular complexity index is 674. The van der Waals surface area contributed by atoms with Crippen LogP contribution in [0, 0.1) is 13.8 Å². The van der Waals surface area contributed by atoms with E-state index in [1.807, 2.05) is 6.92 Å². The van der Waals surface area contributed by atoms with Crippen LogP contribution in [-0.2, 0) is 16.6 Å². The maximum atomic E-state index is 12.3. The van der Waals surface area contributed by atoms with Crippen molar-refractivity contribution in [2.45, 2.75) is 25.4 Å². The quantitative estimate of drug-likeness (QED) is 0.765. The predicted molar refractivity (Wildman–Crippen MR) is 73.7 cm³/mol. The van der Waals surface area contributed by atoms with Crippen LogP contribution in [0.25, 0.3) is 0 Å². The van der Waals surface area contributed by atoms with Crippen molar-refractivity contribution in [2.75, 3.05) is 11.8 Å². The highest BCUT2D eigenvalue weighted by Gasteiger charge is 2.24. The van der Waals surface area contributed by atoms with Gasteiger partial charge in [-0.05, 0) is 20.9 Å². The maximum Gasteiger partial charge on any atom is 0.283 e. The van der Waals surface area contributed by atoms with Crippen LogP contribution in [0.4, 0.5) is 5.13 Å². The van der Waals surface area contributed by atoms with E-state index in [0.717, 1.165) is 10.6 Å². The molecule has 19 heavy (non-hydrogen) atoms. The van der Waals surface area contributed by atoms with Crippen molar-refractivity contribution in [1.82, 2.24) is 20.5 Å². The molecule has 2 heterocycles. The summed E-state index contributed by atoms with van der Waals surface area (Å²) in [6.45, 7) is 4.07. The van der Waals surface area contributed by atoms with Crippen molar-refractivity contribution in [2.24, 2.45) is 0 Å². The molecule has 104 valence electrons. The Balaban J connectivity index is 2.34. The molecule has 0 unspecified atom stereocenters. The lowest BCUT2D eigenvalue weighted by Crippen LogP contribution is -2.17. The Hall–Kier alpha value is -1.45. The number of anilines is 1. The third-order valence-corrected chi connectivity index (χ3v) is 4.75. The molecule has 0 spiro atoms. The molecular weight excluding hydrogens is 286 g/mol. The summed E-state index contributed by atoms with van der Waals surface area (Å²) < 4.78 is 27.0. The summed E-state index contributed by atoms with van der Waals surface area (Å²) >= 11 is 1.28. The van der Waals surface area contributed by atoms with Gasteiger partial charge in [-0.3, -0.25) is 9.82 Å². The van der Waals surface area contributed by atoms with Gasteiger partial charge < -0.3 is 5.32 Å². The van der Waals surface area contributed by atoms with Gasteiger partial charge in [-0.1, -0.05) is 0 Å². The Kier molecular flexibility index (Phi) is 3.88. The molecule has 0 fully saturated rings. The fraction of sp³-hybridized carbons (Fsp3) is 0.400. The van der Waals surface area contributed by atoms with Gasteiger partial charge in [-0.2, -0.15) is 13.5 Å². The van der Waals surface area contributed by atoms with Crippen LogP contribution in [0.1, 0.15) is 16.1 Å². The van der Waals surface area contributed by atoms with E-state index in [1.54, 1.807) is 20.2 Å². The van der Waals surface area contributed by atoms with Crippen LogP contribution in [0.3, 0.4) is 0 Å². The van der Waals surface area contributed by atoms with Gasteiger partial charge in [0.1, 0.15) is 0 Å². The van der Waals surface area contributed by atoms with Crippen LogP contribution in [0.2, 0.25) is 0 Å². The molecule has 0 bridgehead atoms. The third kappa shape index (κ3) is 2.94. The first-order valence-corrected chi connectivity index (χ1v) is 7.87. The molecule has 0 aliphatic heterocycles. The Morgan fingerprint density at radius 2 is 2.16 bits per heavy atom. The molecule has 0 radical (unpaired) electrons. The fourth-order valence-electron chi connectivity index (χ4n) is 1.60. The molecule has 0 aromatic carbocycles. The number of hydrogen-bond acceptors (Lipinski definition) is 6. The van der Waals surface area contributed by atoms with E-state index in [9.17, 15) is 8.42 Å². The summed E-state index contributed by atoms with van der Waals surface area (Å²) in [7, 11) is -1.97. The van der Waals surface area contributed by atoms with E-state index in [1.165, 1.54) is 11.3 Å². The van der Waals surface area contributed by atoms with E-state index in [0.29, 0.717) is 17.2 Å². The SMILES string of the molecule is CNCc1c(S(=O)(=O)Nc2ncc(C)s2)n[nH]c1C. The maximum absolute atomic E-state index is 12.3. The second kappa shape index (κ2) is 5.27. The minimum absolute atomic E-state index is 0.00667. The number of H-pyrrole nitrogens is 1. The van der Waals surface area contributed by atoms with Gasteiger partial charge in [0.25, 0.3) is 10.0 Å². The van der Waals surface area contributed by atoms with Gasteiger partial charge in [0.15, 0.2) is 5.13 Å². The average Bonchev–Trinajstić information content (AvgIpc) is 2.87. The van der Waals surface area contributed by atoms with Gasteiger partial charge in [0, 0.05) is 28.9 Å². The summed E-state index contributed by atoms with van der Waals surface area (Å²) in [6, 6.07) is 0. The summed E-state index contributed by atoms with van der Waals surface area (Å²) in [6.07, 6.45) is 1.62. The van der Waals surface area contributed by atoms with E-state index >= 15 is 0 Å². The highest BCUT2D eigenvalue weighted by Crippen LogP contribution is 2.22. The molecule has 2 aromatic heterocycles. The minimum Gasteiger partial charge on any atom is -0.316 e. The van der Waals surface area contributed by atoms with Crippen molar-refractivity contribution < 1.29 is 8.42 Å². The van der Waals surface area contributed by atoms with E-state index < -0.39 is 10.0 Å². The number of aryl methyl sites for hydroxylation is 2. The zero-order chi connectivity index (χ0) is 14.0. The van der Waals surface area contributed by atoms with E-state index in [4.69, 9.17) is 0 Å². The molecule has 0 amide bonds. The van der Waals surface area contributed by atoms with Crippen LogP contribution in [0.15, 0.2) is 11.2 Å². The largest absolute Gasteiger partial charge is 0.316 e. The monoisotopic (exact) mass is 301 g/mol. The molecule has 7 nitrogen and oxygen atoms in total. The van der Waals surface area contributed by atoms with Crippen LogP contribution in [0.5, 0.6) is 0 Å². The highest BCUT2D eigenvalue weighted by molar-refractivity contribution is 7.92. The summed E-state index contributed by atoms with van der Waals surface area (Å²) in [4.78, 5) is 4.92. The number of sulfonamides is 1. The summed E-state index contributed by atoms with van der Waals surface area (Å²) in [5.41, 5.74) is 1.35. The summed E-state index contributed by atoms with van der Waals surface area (Å²) in [5, 5.41) is 9.84. The molecule has 9 heteroatoms. The number of nitrogens with one attached hydrogen (secondary N) is 3. The second-order valence-corrected chi connectivity index (χ2v) is 6.88. The third-order valence-electron chi connectivity index (χ3n) is 2.49. The molecule has 0 saturated heterocycles. The van der Waals surface area contributed by atoms with Crippen LogP contribution in [-0.4, -0.2) is 30.6 Å². The average molecular weight is 301 g/mol. The van der Waals surface area contributed by atoms with Crippen LogP contribution < -0.4 is 10.0 Å². The minimum atomic E-state index is -3.72. The lowest BCUT2D eigenvalue weighted by atomic mass is 10.3. The van der Waals surface area contributed by atoms with Gasteiger partial charge in [-0.25, -0.2) is 4.98 Å². The van der Waals surface area contributed by atoms with Gasteiger partial charge in [-0.15, -0.1) is 11.3 Å². The summed E-state index contributed by atoms with van der Waals surface area (Å²) in [5.74, 6) is 0. The smallest absolute Gasteiger partial charge is 0.283 e. The zero-order valence-corrected chi connectivity index (χ0v) is 12.4. The second-order valence-electron chi connectivity index (χ2n) is 4.04. The topological polar surface area (TPSA) is 99.8 Å². The molecule has 3 N–H and O–H groups in total. The molecule has 2 aromatic rings. The Labute approximate surface area is 115 Å². The van der Waals surface area contributed by atoms with Gasteiger partial charge >= 0.3 is 0 Å². The standard InChI is InChI=1S/C10H15N5O2S2/c1-6-4-12-10(18-6)15-19(16,17)9-8(5-11-3)7(2)13-14-9/h4,11H,5H2,1-3H3,(H,12,15)(H,13,14). The predicted octanol–water partition coefficient (Wildman–Crippen LogP) is 1.00. The van der Waals surface area contributed by atoms with Crippen molar-refractivity contribution in [1.29, 1.82) is 0 Å². The van der Waals surface area contributed by atoms with Crippen molar-refractivity contribution in [3.63, 3.8) is 0 Å². The molecule has 0 aliphatic rings. The zero-order valence-electron chi connectivity index (χ0n) is 10.8. The van der Waals surface area contributed by atoms with E-state index in [2.05, 4.69) is 25.2 Å². The molecule has 0 atom stereocenters. The first-order chi connectivity index (χ1) is 8.94. The number of aromatic nitrogens is 3. The molecule has 0 aliphatic carbocycles. The molecule has 2 rings (SSSR count). The van der Waals surface area contributed by atoms with Crippen LogP contribution >= 0.6 is 11.3 Å². The van der Waals surface area contributed by atoms with E-state index in [-0.39, 0.29) is 5.03 Å². The lowest BCUT2D eigenvalue weighted by molar-refractivity contribution is 0.595. The molecular formula is C10H15N5O2S2. The fourth-order valence-corrected chi connectivity index (χ4v) is 3.71. The number of thiazole rings is 1. The normalized spacial score (nSPS) is 11.7. The van der Waals surface area contributed by atoms with Crippen molar-refractivity contribution >= 4 is 26.5 Å². The first kappa shape index (κ1) is 14.0. The van der Waals surface area contributed by atoms with Gasteiger partial charge in [0.05, 0.1) is 0 Å². The van der Waals surface area contributed by atoms with Gasteiger partial charge in [0.2, 0.25) is 5.03 Å². The number of aromatic amines is 1. The number of hydrogen-bond donors (Lipinski definition) is 3.